The third-order valence-electron chi connectivity index (χ3n) is 2.32. The van der Waals surface area contributed by atoms with Crippen molar-refractivity contribution < 1.29 is 0 Å². The smallest absolute Gasteiger partial charge is 0.255 e. The first-order valence-electron chi connectivity index (χ1n) is 4.68. The molecule has 2 aromatic rings. The van der Waals surface area contributed by atoms with Gasteiger partial charge in [-0.15, -0.1) is 0 Å². The number of hydrogen-bond donors (Lipinski definition) is 1. The molecule has 0 aliphatic carbocycles. The van der Waals surface area contributed by atoms with Gasteiger partial charge in [0.25, 0.3) is 5.56 Å². The molecule has 5 heteroatoms. The topological polar surface area (TPSA) is 60.9 Å². The van der Waals surface area contributed by atoms with Crippen LogP contribution in [0.25, 0.3) is 11.3 Å². The Bertz CT molecular complexity index is 592. The van der Waals surface area contributed by atoms with E-state index in [0.717, 1.165) is 10.0 Å². The van der Waals surface area contributed by atoms with Gasteiger partial charge in [0, 0.05) is 23.2 Å². The highest BCUT2D eigenvalue weighted by molar-refractivity contribution is 9.10. The van der Waals surface area contributed by atoms with Crippen molar-refractivity contribution in [2.75, 3.05) is 5.73 Å². The van der Waals surface area contributed by atoms with E-state index in [2.05, 4.69) is 20.9 Å². The number of nitrogens with two attached hydrogens (primary N) is 1. The van der Waals surface area contributed by atoms with Gasteiger partial charge in [-0.3, -0.25) is 9.36 Å². The van der Waals surface area contributed by atoms with Crippen LogP contribution in [0.2, 0.25) is 0 Å². The van der Waals surface area contributed by atoms with Gasteiger partial charge in [0.1, 0.15) is 0 Å². The van der Waals surface area contributed by atoms with Gasteiger partial charge in [0.15, 0.2) is 0 Å². The molecule has 0 unspecified atom stereocenters. The quantitative estimate of drug-likeness (QED) is 0.866. The van der Waals surface area contributed by atoms with Crippen molar-refractivity contribution in [3.8, 4) is 11.3 Å². The highest BCUT2D eigenvalue weighted by atomic mass is 79.9. The molecule has 16 heavy (non-hydrogen) atoms. The summed E-state index contributed by atoms with van der Waals surface area (Å²) in [5.41, 5.74) is 6.91. The zero-order chi connectivity index (χ0) is 11.7. The first kappa shape index (κ1) is 10.9. The SMILES string of the molecule is Cn1c(N)nc(-c2ccccc2Br)cc1=O. The van der Waals surface area contributed by atoms with Crippen molar-refractivity contribution >= 4 is 21.9 Å². The Labute approximate surface area is 101 Å². The van der Waals surface area contributed by atoms with Gasteiger partial charge in [0.2, 0.25) is 5.95 Å². The number of anilines is 1. The van der Waals surface area contributed by atoms with E-state index in [1.54, 1.807) is 7.05 Å². The van der Waals surface area contributed by atoms with E-state index in [-0.39, 0.29) is 11.5 Å². The molecule has 0 fully saturated rings. The average molecular weight is 280 g/mol. The minimum atomic E-state index is -0.168. The average Bonchev–Trinajstić information content (AvgIpc) is 2.26. The zero-order valence-corrected chi connectivity index (χ0v) is 10.2. The van der Waals surface area contributed by atoms with Crippen LogP contribution >= 0.6 is 15.9 Å². The van der Waals surface area contributed by atoms with Crippen molar-refractivity contribution in [3.05, 3.63) is 45.2 Å². The minimum absolute atomic E-state index is 0.168. The lowest BCUT2D eigenvalue weighted by molar-refractivity contribution is 0.845. The lowest BCUT2D eigenvalue weighted by Crippen LogP contribution is -2.20. The molecule has 0 saturated heterocycles. The summed E-state index contributed by atoms with van der Waals surface area (Å²) >= 11 is 3.41. The summed E-state index contributed by atoms with van der Waals surface area (Å²) in [5.74, 6) is 0.207. The number of halogens is 1. The molecule has 0 bridgehead atoms. The van der Waals surface area contributed by atoms with Crippen molar-refractivity contribution in [2.24, 2.45) is 7.05 Å². The molecule has 0 radical (unpaired) electrons. The normalized spacial score (nSPS) is 10.4. The Kier molecular flexibility index (Phi) is 2.78. The molecule has 0 atom stereocenters. The first-order valence-corrected chi connectivity index (χ1v) is 5.47. The van der Waals surface area contributed by atoms with Crippen LogP contribution in [0.3, 0.4) is 0 Å². The fourth-order valence-electron chi connectivity index (χ4n) is 1.36. The summed E-state index contributed by atoms with van der Waals surface area (Å²) in [4.78, 5) is 15.7. The standard InChI is InChI=1S/C11H10BrN3O/c1-15-10(16)6-9(14-11(15)13)7-4-2-3-5-8(7)12/h2-6H,1H3,(H2,13,14). The maximum Gasteiger partial charge on any atom is 0.255 e. The summed E-state index contributed by atoms with van der Waals surface area (Å²) in [5, 5.41) is 0. The minimum Gasteiger partial charge on any atom is -0.369 e. The highest BCUT2D eigenvalue weighted by Crippen LogP contribution is 2.25. The van der Waals surface area contributed by atoms with E-state index in [1.807, 2.05) is 24.3 Å². The van der Waals surface area contributed by atoms with E-state index in [1.165, 1.54) is 10.6 Å². The Hall–Kier alpha value is -1.62. The van der Waals surface area contributed by atoms with Gasteiger partial charge in [-0.05, 0) is 6.07 Å². The predicted molar refractivity (Wildman–Crippen MR) is 67.0 cm³/mol. The molecule has 82 valence electrons. The van der Waals surface area contributed by atoms with Crippen molar-refractivity contribution in [2.45, 2.75) is 0 Å². The van der Waals surface area contributed by atoms with Crippen molar-refractivity contribution in [3.63, 3.8) is 0 Å². The van der Waals surface area contributed by atoms with Gasteiger partial charge >= 0.3 is 0 Å². The molecule has 0 aliphatic heterocycles. The third kappa shape index (κ3) is 1.86. The first-order chi connectivity index (χ1) is 7.59. The van der Waals surface area contributed by atoms with E-state index < -0.39 is 0 Å². The molecule has 0 amide bonds. The zero-order valence-electron chi connectivity index (χ0n) is 8.64. The summed E-state index contributed by atoms with van der Waals surface area (Å²) in [6.07, 6.45) is 0. The van der Waals surface area contributed by atoms with Crippen LogP contribution in [-0.2, 0) is 7.05 Å². The van der Waals surface area contributed by atoms with Gasteiger partial charge in [-0.2, -0.15) is 0 Å². The molecule has 2 N–H and O–H groups in total. The monoisotopic (exact) mass is 279 g/mol. The lowest BCUT2D eigenvalue weighted by Gasteiger charge is -2.06. The molecule has 0 aliphatic rings. The van der Waals surface area contributed by atoms with Crippen LogP contribution in [0.1, 0.15) is 0 Å². The van der Waals surface area contributed by atoms with Crippen LogP contribution in [-0.4, -0.2) is 9.55 Å². The summed E-state index contributed by atoms with van der Waals surface area (Å²) < 4.78 is 2.19. The second-order valence-electron chi connectivity index (χ2n) is 3.38. The highest BCUT2D eigenvalue weighted by Gasteiger charge is 2.07. The molecule has 0 spiro atoms. The Morgan fingerprint density at radius 2 is 2.06 bits per heavy atom. The number of benzene rings is 1. The van der Waals surface area contributed by atoms with Crippen molar-refractivity contribution in [1.82, 2.24) is 9.55 Å². The van der Waals surface area contributed by atoms with Gasteiger partial charge in [-0.1, -0.05) is 34.1 Å². The fraction of sp³-hybridized carbons (Fsp3) is 0.0909. The summed E-state index contributed by atoms with van der Waals surface area (Å²) in [6, 6.07) is 9.03. The van der Waals surface area contributed by atoms with Crippen molar-refractivity contribution in [1.29, 1.82) is 0 Å². The van der Waals surface area contributed by atoms with E-state index in [4.69, 9.17) is 5.73 Å². The largest absolute Gasteiger partial charge is 0.369 e. The maximum atomic E-state index is 11.6. The molecule has 2 rings (SSSR count). The Balaban J connectivity index is 2.67. The van der Waals surface area contributed by atoms with Gasteiger partial charge < -0.3 is 5.73 Å². The third-order valence-corrected chi connectivity index (χ3v) is 3.01. The second-order valence-corrected chi connectivity index (χ2v) is 4.23. The van der Waals surface area contributed by atoms with E-state index in [9.17, 15) is 4.79 Å². The van der Waals surface area contributed by atoms with Crippen LogP contribution in [0.5, 0.6) is 0 Å². The Morgan fingerprint density at radius 1 is 1.38 bits per heavy atom. The number of nitrogens with zero attached hydrogens (tertiary/aromatic N) is 2. The van der Waals surface area contributed by atoms with Crippen LogP contribution < -0.4 is 11.3 Å². The van der Waals surface area contributed by atoms with Crippen LogP contribution in [0.15, 0.2) is 39.6 Å². The fourth-order valence-corrected chi connectivity index (χ4v) is 1.85. The summed E-state index contributed by atoms with van der Waals surface area (Å²) in [7, 11) is 1.59. The molecule has 0 saturated carbocycles. The molecule has 1 aromatic carbocycles. The predicted octanol–water partition coefficient (Wildman–Crippen LogP) is 1.79. The second kappa shape index (κ2) is 4.09. The van der Waals surface area contributed by atoms with E-state index in [0.29, 0.717) is 5.69 Å². The van der Waals surface area contributed by atoms with E-state index >= 15 is 0 Å². The van der Waals surface area contributed by atoms with Crippen LogP contribution in [0.4, 0.5) is 5.95 Å². The Morgan fingerprint density at radius 3 is 2.69 bits per heavy atom. The molecule has 1 heterocycles. The number of rotatable bonds is 1. The molecular formula is C11H10BrN3O. The van der Waals surface area contributed by atoms with Gasteiger partial charge in [-0.25, -0.2) is 4.98 Å². The molecular weight excluding hydrogens is 270 g/mol. The number of hydrogen-bond acceptors (Lipinski definition) is 3. The molecule has 4 nitrogen and oxygen atoms in total. The number of aromatic nitrogens is 2. The molecule has 1 aromatic heterocycles. The summed E-state index contributed by atoms with van der Waals surface area (Å²) in [6.45, 7) is 0. The number of nitrogen functional groups attached to an aromatic ring is 1. The lowest BCUT2D eigenvalue weighted by atomic mass is 10.1. The van der Waals surface area contributed by atoms with Gasteiger partial charge in [0.05, 0.1) is 5.69 Å². The maximum absolute atomic E-state index is 11.6. The van der Waals surface area contributed by atoms with Crippen LogP contribution in [0, 0.1) is 0 Å².